The molecule has 3 atom stereocenters. The van der Waals surface area contributed by atoms with Gasteiger partial charge in [-0.3, -0.25) is 0 Å². The molecule has 0 bridgehead atoms. The van der Waals surface area contributed by atoms with Gasteiger partial charge in [-0.2, -0.15) is 0 Å². The highest BCUT2D eigenvalue weighted by Crippen LogP contribution is 2.30. The number of nitrogens with zero attached hydrogens (tertiary/aromatic N) is 1. The van der Waals surface area contributed by atoms with Gasteiger partial charge in [-0.15, -0.1) is 0 Å². The van der Waals surface area contributed by atoms with E-state index in [-0.39, 0.29) is 0 Å². The molecule has 21 heavy (non-hydrogen) atoms. The number of halogens is 1. The van der Waals surface area contributed by atoms with E-state index in [0.29, 0.717) is 18.0 Å². The second kappa shape index (κ2) is 6.68. The van der Waals surface area contributed by atoms with Crippen LogP contribution in [0.3, 0.4) is 0 Å². The first-order valence-electron chi connectivity index (χ1n) is 8.39. The number of rotatable bonds is 4. The average molecular weight is 307 g/mol. The molecule has 0 amide bonds. The first-order chi connectivity index (χ1) is 10.1. The molecule has 1 N–H and O–H groups in total. The molecule has 2 nitrogen and oxygen atoms in total. The molecular formula is C18H27ClN2. The Hall–Kier alpha value is -0.570. The van der Waals surface area contributed by atoms with E-state index in [9.17, 15) is 0 Å². The Morgan fingerprint density at radius 3 is 2.62 bits per heavy atom. The van der Waals surface area contributed by atoms with Crippen LogP contribution in [0.15, 0.2) is 24.3 Å². The molecule has 3 rings (SSSR count). The highest BCUT2D eigenvalue weighted by Gasteiger charge is 2.32. The smallest absolute Gasteiger partial charge is 0.0406 e. The van der Waals surface area contributed by atoms with E-state index in [1.165, 1.54) is 44.3 Å². The number of piperidine rings is 1. The van der Waals surface area contributed by atoms with Gasteiger partial charge in [0.15, 0.2) is 0 Å². The Morgan fingerprint density at radius 1 is 1.14 bits per heavy atom. The minimum absolute atomic E-state index is 0.431. The Kier molecular flexibility index (Phi) is 4.88. The molecule has 2 heterocycles. The van der Waals surface area contributed by atoms with Crippen LogP contribution in [0.2, 0.25) is 5.02 Å². The van der Waals surface area contributed by atoms with Gasteiger partial charge in [0, 0.05) is 23.1 Å². The van der Waals surface area contributed by atoms with Crippen LogP contribution in [-0.2, 0) is 0 Å². The molecule has 116 valence electrons. The lowest BCUT2D eigenvalue weighted by Crippen LogP contribution is -2.47. The topological polar surface area (TPSA) is 15.3 Å². The van der Waals surface area contributed by atoms with Crippen molar-refractivity contribution in [1.29, 1.82) is 0 Å². The summed E-state index contributed by atoms with van der Waals surface area (Å²) in [6.45, 7) is 7.20. The third kappa shape index (κ3) is 3.61. The van der Waals surface area contributed by atoms with Crippen LogP contribution < -0.4 is 5.32 Å². The molecule has 2 fully saturated rings. The Bertz CT molecular complexity index is 457. The van der Waals surface area contributed by atoms with E-state index in [4.69, 9.17) is 11.6 Å². The molecule has 0 saturated carbocycles. The summed E-state index contributed by atoms with van der Waals surface area (Å²) in [6.07, 6.45) is 5.39. The van der Waals surface area contributed by atoms with Crippen molar-refractivity contribution < 1.29 is 0 Å². The second-order valence-electron chi connectivity index (χ2n) is 6.99. The first-order valence-corrected chi connectivity index (χ1v) is 8.77. The highest BCUT2D eigenvalue weighted by molar-refractivity contribution is 6.30. The summed E-state index contributed by atoms with van der Waals surface area (Å²) in [4.78, 5) is 2.69. The third-order valence-corrected chi connectivity index (χ3v) is 5.38. The number of hydrogen-bond donors (Lipinski definition) is 1. The van der Waals surface area contributed by atoms with Gasteiger partial charge in [-0.05, 0) is 62.4 Å². The van der Waals surface area contributed by atoms with Crippen molar-refractivity contribution in [2.75, 3.05) is 13.1 Å². The van der Waals surface area contributed by atoms with E-state index in [2.05, 4.69) is 36.2 Å². The van der Waals surface area contributed by atoms with Crippen LogP contribution in [0.1, 0.15) is 51.1 Å². The van der Waals surface area contributed by atoms with Crippen molar-refractivity contribution in [1.82, 2.24) is 10.2 Å². The summed E-state index contributed by atoms with van der Waals surface area (Å²) in [5.41, 5.74) is 1.36. The zero-order valence-electron chi connectivity index (χ0n) is 13.2. The molecule has 0 aromatic heterocycles. The largest absolute Gasteiger partial charge is 0.307 e. The average Bonchev–Trinajstić information content (AvgIpc) is 2.93. The number of fused-ring (bicyclic) bond motifs is 1. The molecule has 3 unspecified atom stereocenters. The van der Waals surface area contributed by atoms with Crippen LogP contribution >= 0.6 is 11.6 Å². The second-order valence-corrected chi connectivity index (χ2v) is 7.43. The molecule has 2 aliphatic heterocycles. The Labute approximate surface area is 133 Å². The van der Waals surface area contributed by atoms with E-state index >= 15 is 0 Å². The van der Waals surface area contributed by atoms with Gasteiger partial charge in [0.05, 0.1) is 0 Å². The van der Waals surface area contributed by atoms with Crippen LogP contribution in [-0.4, -0.2) is 30.1 Å². The van der Waals surface area contributed by atoms with Gasteiger partial charge >= 0.3 is 0 Å². The maximum absolute atomic E-state index is 6.02. The fourth-order valence-electron chi connectivity index (χ4n) is 3.97. The fourth-order valence-corrected chi connectivity index (χ4v) is 4.10. The third-order valence-electron chi connectivity index (χ3n) is 5.13. The van der Waals surface area contributed by atoms with Gasteiger partial charge in [0.25, 0.3) is 0 Å². The van der Waals surface area contributed by atoms with Gasteiger partial charge in [0.2, 0.25) is 0 Å². The molecule has 1 aromatic carbocycles. The summed E-state index contributed by atoms with van der Waals surface area (Å²) in [6, 6.07) is 10.3. The summed E-state index contributed by atoms with van der Waals surface area (Å²) >= 11 is 6.02. The van der Waals surface area contributed by atoms with Crippen molar-refractivity contribution in [3.8, 4) is 0 Å². The number of hydrogen-bond acceptors (Lipinski definition) is 2. The maximum atomic E-state index is 6.02. The first kappa shape index (κ1) is 15.3. The minimum atomic E-state index is 0.431. The SMILES string of the molecule is CC(C)C(NC1CCN2CCCC2C1)c1ccc(Cl)cc1. The van der Waals surface area contributed by atoms with Crippen LogP contribution in [0.5, 0.6) is 0 Å². The van der Waals surface area contributed by atoms with Crippen molar-refractivity contribution in [3.05, 3.63) is 34.9 Å². The molecule has 0 spiro atoms. The summed E-state index contributed by atoms with van der Waals surface area (Å²) < 4.78 is 0. The van der Waals surface area contributed by atoms with Crippen LogP contribution in [0.4, 0.5) is 0 Å². The molecule has 3 heteroatoms. The maximum Gasteiger partial charge on any atom is 0.0406 e. The lowest BCUT2D eigenvalue weighted by molar-refractivity contribution is 0.155. The molecular weight excluding hydrogens is 280 g/mol. The van der Waals surface area contributed by atoms with Crippen LogP contribution in [0.25, 0.3) is 0 Å². The Balaban J connectivity index is 1.66. The van der Waals surface area contributed by atoms with Gasteiger partial charge in [-0.25, -0.2) is 0 Å². The molecule has 0 radical (unpaired) electrons. The van der Waals surface area contributed by atoms with Gasteiger partial charge in [-0.1, -0.05) is 37.6 Å². The van der Waals surface area contributed by atoms with Crippen molar-refractivity contribution in [2.45, 2.75) is 57.7 Å². The van der Waals surface area contributed by atoms with Crippen molar-refractivity contribution in [2.24, 2.45) is 5.92 Å². The lowest BCUT2D eigenvalue weighted by atomic mass is 9.91. The molecule has 1 aromatic rings. The zero-order valence-corrected chi connectivity index (χ0v) is 13.9. The quantitative estimate of drug-likeness (QED) is 0.894. The fraction of sp³-hybridized carbons (Fsp3) is 0.667. The minimum Gasteiger partial charge on any atom is -0.307 e. The molecule has 2 saturated heterocycles. The van der Waals surface area contributed by atoms with E-state index in [1.54, 1.807) is 0 Å². The summed E-state index contributed by atoms with van der Waals surface area (Å²) in [5, 5.41) is 4.75. The monoisotopic (exact) mass is 306 g/mol. The predicted molar refractivity (Wildman–Crippen MR) is 89.8 cm³/mol. The predicted octanol–water partition coefficient (Wildman–Crippen LogP) is 4.25. The van der Waals surface area contributed by atoms with Crippen molar-refractivity contribution >= 4 is 11.6 Å². The lowest BCUT2D eigenvalue weighted by Gasteiger charge is -2.38. The van der Waals surface area contributed by atoms with E-state index < -0.39 is 0 Å². The van der Waals surface area contributed by atoms with Gasteiger partial charge < -0.3 is 10.2 Å². The van der Waals surface area contributed by atoms with E-state index in [0.717, 1.165) is 11.1 Å². The standard InChI is InChI=1S/C18H27ClN2/c1-13(2)18(14-5-7-15(19)8-6-14)20-16-9-11-21-10-3-4-17(21)12-16/h5-8,13,16-18,20H,3-4,9-12H2,1-2H3. The number of nitrogens with one attached hydrogen (secondary N) is 1. The molecule has 0 aliphatic carbocycles. The summed E-state index contributed by atoms with van der Waals surface area (Å²) in [5.74, 6) is 0.591. The Morgan fingerprint density at radius 2 is 1.90 bits per heavy atom. The number of benzene rings is 1. The van der Waals surface area contributed by atoms with E-state index in [1.807, 2.05) is 12.1 Å². The zero-order chi connectivity index (χ0) is 14.8. The highest BCUT2D eigenvalue weighted by atomic mass is 35.5. The van der Waals surface area contributed by atoms with Crippen LogP contribution in [0, 0.1) is 5.92 Å². The molecule has 2 aliphatic rings. The summed E-state index contributed by atoms with van der Waals surface area (Å²) in [7, 11) is 0. The van der Waals surface area contributed by atoms with Gasteiger partial charge in [0.1, 0.15) is 0 Å². The van der Waals surface area contributed by atoms with Crippen molar-refractivity contribution in [3.63, 3.8) is 0 Å². The normalized spacial score (nSPS) is 27.8.